The van der Waals surface area contributed by atoms with Crippen LogP contribution in [0.25, 0.3) is 0 Å². The molecule has 104 valence electrons. The standard InChI is InChI=1S/C14H14N4O.ClH/c15-14(16)18-12-8-6-11(7-9-12)17-13(19)10-4-2-1-3-5-10;/h1-9H,(H,17,19)(H4,15,16,18);1H. The minimum Gasteiger partial charge on any atom is -0.370 e. The Morgan fingerprint density at radius 1 is 0.950 bits per heavy atom. The van der Waals surface area contributed by atoms with Crippen molar-refractivity contribution in [3.05, 3.63) is 60.2 Å². The van der Waals surface area contributed by atoms with Gasteiger partial charge in [-0.2, -0.15) is 0 Å². The van der Waals surface area contributed by atoms with E-state index in [-0.39, 0.29) is 24.3 Å². The summed E-state index contributed by atoms with van der Waals surface area (Å²) in [5.41, 5.74) is 12.5. The third-order valence-corrected chi connectivity index (χ3v) is 2.42. The maximum Gasteiger partial charge on any atom is 0.255 e. The van der Waals surface area contributed by atoms with Crippen LogP contribution in [-0.4, -0.2) is 11.9 Å². The fourth-order valence-corrected chi connectivity index (χ4v) is 1.56. The van der Waals surface area contributed by atoms with E-state index in [9.17, 15) is 4.79 Å². The number of benzene rings is 2. The van der Waals surface area contributed by atoms with Gasteiger partial charge in [-0.3, -0.25) is 4.79 Å². The van der Waals surface area contributed by atoms with Gasteiger partial charge in [0.25, 0.3) is 5.91 Å². The minimum absolute atomic E-state index is 0. The van der Waals surface area contributed by atoms with Crippen LogP contribution in [0.15, 0.2) is 59.6 Å². The van der Waals surface area contributed by atoms with Gasteiger partial charge < -0.3 is 16.8 Å². The van der Waals surface area contributed by atoms with Crippen LogP contribution in [0.2, 0.25) is 0 Å². The van der Waals surface area contributed by atoms with Crippen LogP contribution >= 0.6 is 12.4 Å². The molecule has 0 spiro atoms. The minimum atomic E-state index is -0.157. The van der Waals surface area contributed by atoms with Crippen LogP contribution in [0.4, 0.5) is 11.4 Å². The number of rotatable bonds is 3. The number of guanidine groups is 1. The molecule has 5 nitrogen and oxygen atoms in total. The zero-order valence-corrected chi connectivity index (χ0v) is 11.4. The third kappa shape index (κ3) is 4.29. The van der Waals surface area contributed by atoms with E-state index in [4.69, 9.17) is 11.5 Å². The van der Waals surface area contributed by atoms with Gasteiger partial charge in [0, 0.05) is 11.3 Å². The maximum absolute atomic E-state index is 11.9. The summed E-state index contributed by atoms with van der Waals surface area (Å²) in [7, 11) is 0. The van der Waals surface area contributed by atoms with Crippen molar-refractivity contribution >= 4 is 35.6 Å². The zero-order chi connectivity index (χ0) is 13.7. The Morgan fingerprint density at radius 2 is 1.55 bits per heavy atom. The molecule has 0 aromatic heterocycles. The Labute approximate surface area is 123 Å². The second-order valence-corrected chi connectivity index (χ2v) is 3.90. The number of hydrogen-bond donors (Lipinski definition) is 3. The van der Waals surface area contributed by atoms with Crippen molar-refractivity contribution < 1.29 is 4.79 Å². The maximum atomic E-state index is 11.9. The molecule has 20 heavy (non-hydrogen) atoms. The molecule has 0 unspecified atom stereocenters. The SMILES string of the molecule is Cl.NC(N)=Nc1ccc(NC(=O)c2ccccc2)cc1. The first kappa shape index (κ1) is 15.5. The van der Waals surface area contributed by atoms with Crippen molar-refractivity contribution in [3.8, 4) is 0 Å². The molecule has 2 aromatic carbocycles. The molecule has 0 bridgehead atoms. The number of halogens is 1. The summed E-state index contributed by atoms with van der Waals surface area (Å²) in [6.45, 7) is 0. The summed E-state index contributed by atoms with van der Waals surface area (Å²) < 4.78 is 0. The van der Waals surface area contributed by atoms with Crippen LogP contribution in [0.1, 0.15) is 10.4 Å². The van der Waals surface area contributed by atoms with Crippen LogP contribution in [0.5, 0.6) is 0 Å². The molecular formula is C14H15ClN4O. The summed E-state index contributed by atoms with van der Waals surface area (Å²) in [4.78, 5) is 15.8. The third-order valence-electron chi connectivity index (χ3n) is 2.42. The molecule has 0 heterocycles. The Balaban J connectivity index is 0.00000200. The number of carbonyl (C=O) groups excluding carboxylic acids is 1. The topological polar surface area (TPSA) is 93.5 Å². The molecule has 0 aliphatic heterocycles. The summed E-state index contributed by atoms with van der Waals surface area (Å²) in [6.07, 6.45) is 0. The van der Waals surface area contributed by atoms with E-state index in [0.717, 1.165) is 0 Å². The van der Waals surface area contributed by atoms with E-state index in [1.807, 2.05) is 18.2 Å². The van der Waals surface area contributed by atoms with Crippen LogP contribution in [0.3, 0.4) is 0 Å². The second kappa shape index (κ2) is 7.16. The number of amides is 1. The highest BCUT2D eigenvalue weighted by atomic mass is 35.5. The first-order valence-electron chi connectivity index (χ1n) is 5.71. The normalized spacial score (nSPS) is 9.20. The fourth-order valence-electron chi connectivity index (χ4n) is 1.56. The first-order chi connectivity index (χ1) is 9.15. The molecular weight excluding hydrogens is 276 g/mol. The lowest BCUT2D eigenvalue weighted by atomic mass is 10.2. The van der Waals surface area contributed by atoms with Gasteiger partial charge in [-0.1, -0.05) is 18.2 Å². The molecule has 0 fully saturated rings. The van der Waals surface area contributed by atoms with Gasteiger partial charge in [0.1, 0.15) is 0 Å². The van der Waals surface area contributed by atoms with E-state index in [1.165, 1.54) is 0 Å². The average molecular weight is 291 g/mol. The average Bonchev–Trinajstić information content (AvgIpc) is 2.41. The molecule has 0 saturated heterocycles. The molecule has 2 aromatic rings. The predicted molar refractivity (Wildman–Crippen MR) is 83.6 cm³/mol. The molecule has 0 atom stereocenters. The largest absolute Gasteiger partial charge is 0.370 e. The Morgan fingerprint density at radius 3 is 2.10 bits per heavy atom. The van der Waals surface area contributed by atoms with Gasteiger partial charge >= 0.3 is 0 Å². The van der Waals surface area contributed by atoms with Gasteiger partial charge in [0.15, 0.2) is 5.96 Å². The highest BCUT2D eigenvalue weighted by Crippen LogP contribution is 2.16. The Bertz CT molecular complexity index is 592. The lowest BCUT2D eigenvalue weighted by Gasteiger charge is -2.05. The van der Waals surface area contributed by atoms with Crippen molar-refractivity contribution in [2.75, 3.05) is 5.32 Å². The summed E-state index contributed by atoms with van der Waals surface area (Å²) >= 11 is 0. The Kier molecular flexibility index (Phi) is 5.56. The number of carbonyl (C=O) groups is 1. The van der Waals surface area contributed by atoms with Gasteiger partial charge in [0.2, 0.25) is 0 Å². The zero-order valence-electron chi connectivity index (χ0n) is 10.6. The number of hydrogen-bond acceptors (Lipinski definition) is 2. The summed E-state index contributed by atoms with van der Waals surface area (Å²) in [5.74, 6) is -0.156. The lowest BCUT2D eigenvalue weighted by Crippen LogP contribution is -2.21. The molecule has 0 saturated carbocycles. The summed E-state index contributed by atoms with van der Waals surface area (Å²) in [6, 6.07) is 15.9. The second-order valence-electron chi connectivity index (χ2n) is 3.90. The van der Waals surface area contributed by atoms with Gasteiger partial charge in [-0.05, 0) is 36.4 Å². The van der Waals surface area contributed by atoms with Crippen molar-refractivity contribution in [1.82, 2.24) is 0 Å². The van der Waals surface area contributed by atoms with E-state index < -0.39 is 0 Å². The summed E-state index contributed by atoms with van der Waals surface area (Å²) in [5, 5.41) is 2.79. The smallest absolute Gasteiger partial charge is 0.255 e. The molecule has 2 rings (SSSR count). The van der Waals surface area contributed by atoms with E-state index in [0.29, 0.717) is 16.9 Å². The highest BCUT2D eigenvalue weighted by molar-refractivity contribution is 6.04. The number of anilines is 1. The van der Waals surface area contributed by atoms with Gasteiger partial charge in [0.05, 0.1) is 5.69 Å². The van der Waals surface area contributed by atoms with Crippen molar-refractivity contribution in [2.45, 2.75) is 0 Å². The van der Waals surface area contributed by atoms with Gasteiger partial charge in [-0.25, -0.2) is 4.99 Å². The molecule has 0 aliphatic carbocycles. The van der Waals surface area contributed by atoms with E-state index in [1.54, 1.807) is 36.4 Å². The lowest BCUT2D eigenvalue weighted by molar-refractivity contribution is 0.102. The van der Waals surface area contributed by atoms with E-state index in [2.05, 4.69) is 10.3 Å². The number of aliphatic imine (C=N–C) groups is 1. The first-order valence-corrected chi connectivity index (χ1v) is 5.71. The van der Waals surface area contributed by atoms with Crippen molar-refractivity contribution in [1.29, 1.82) is 0 Å². The number of nitrogens with one attached hydrogen (secondary N) is 1. The molecule has 0 radical (unpaired) electrons. The van der Waals surface area contributed by atoms with Gasteiger partial charge in [-0.15, -0.1) is 12.4 Å². The monoisotopic (exact) mass is 290 g/mol. The van der Waals surface area contributed by atoms with Crippen molar-refractivity contribution in [2.24, 2.45) is 16.5 Å². The fraction of sp³-hybridized carbons (Fsp3) is 0. The molecule has 0 aliphatic rings. The number of nitrogens with zero attached hydrogens (tertiary/aromatic N) is 1. The molecule has 1 amide bonds. The molecule has 6 heteroatoms. The van der Waals surface area contributed by atoms with Crippen molar-refractivity contribution in [3.63, 3.8) is 0 Å². The van der Waals surface area contributed by atoms with Crippen LogP contribution in [-0.2, 0) is 0 Å². The predicted octanol–water partition coefficient (Wildman–Crippen LogP) is 2.27. The molecule has 5 N–H and O–H groups in total. The quantitative estimate of drug-likeness (QED) is 0.598. The number of nitrogens with two attached hydrogens (primary N) is 2. The van der Waals surface area contributed by atoms with E-state index >= 15 is 0 Å². The Hall–Kier alpha value is -2.53. The highest BCUT2D eigenvalue weighted by Gasteiger charge is 2.04. The van der Waals surface area contributed by atoms with Crippen LogP contribution < -0.4 is 16.8 Å². The van der Waals surface area contributed by atoms with Crippen LogP contribution in [0, 0.1) is 0 Å².